The molecule has 0 fully saturated rings. The summed E-state index contributed by atoms with van der Waals surface area (Å²) in [6.45, 7) is 0. The second-order valence-corrected chi connectivity index (χ2v) is 5.86. The summed E-state index contributed by atoms with van der Waals surface area (Å²) in [5.74, 6) is -1.38. The van der Waals surface area contributed by atoms with Crippen LogP contribution in [0.5, 0.6) is 0 Å². The molecule has 0 aliphatic heterocycles. The third-order valence-corrected chi connectivity index (χ3v) is 4.27. The molecule has 0 aromatic heterocycles. The standard InChI is InChI=1S/C14H8Cl4O3/c15-7-1-2-8(9(5-7)13(19)14(20)21)6-3-10(16)12(18)11(17)4-6/h1-5,13,19H,(H,20,21). The molecule has 0 saturated heterocycles. The molecule has 3 nitrogen and oxygen atoms in total. The smallest absolute Gasteiger partial charge is 0.337 e. The van der Waals surface area contributed by atoms with Crippen LogP contribution in [0.1, 0.15) is 11.7 Å². The number of aliphatic hydroxyl groups excluding tert-OH is 1. The fraction of sp³-hybridized carbons (Fsp3) is 0.0714. The maximum atomic E-state index is 11.0. The van der Waals surface area contributed by atoms with E-state index in [2.05, 4.69) is 0 Å². The highest BCUT2D eigenvalue weighted by Gasteiger charge is 2.21. The van der Waals surface area contributed by atoms with Gasteiger partial charge < -0.3 is 10.2 Å². The summed E-state index contributed by atoms with van der Waals surface area (Å²) in [7, 11) is 0. The normalized spacial score (nSPS) is 12.2. The SMILES string of the molecule is O=C(O)C(O)c1cc(Cl)ccc1-c1cc(Cl)c(Cl)c(Cl)c1. The number of hydrogen-bond acceptors (Lipinski definition) is 2. The van der Waals surface area contributed by atoms with Crippen LogP contribution < -0.4 is 0 Å². The van der Waals surface area contributed by atoms with Crippen molar-refractivity contribution in [2.24, 2.45) is 0 Å². The van der Waals surface area contributed by atoms with E-state index in [9.17, 15) is 9.90 Å². The average Bonchev–Trinajstić information content (AvgIpc) is 2.43. The quantitative estimate of drug-likeness (QED) is 0.745. The number of aliphatic carboxylic acids is 1. The molecule has 0 amide bonds. The van der Waals surface area contributed by atoms with E-state index in [0.29, 0.717) is 16.1 Å². The zero-order chi connectivity index (χ0) is 15.7. The average molecular weight is 366 g/mol. The molecule has 0 aliphatic rings. The van der Waals surface area contributed by atoms with Crippen LogP contribution in [0.4, 0.5) is 0 Å². The Morgan fingerprint density at radius 1 is 1.00 bits per heavy atom. The molecule has 0 saturated carbocycles. The lowest BCUT2D eigenvalue weighted by Gasteiger charge is -2.14. The van der Waals surface area contributed by atoms with Crippen molar-refractivity contribution in [1.29, 1.82) is 0 Å². The lowest BCUT2D eigenvalue weighted by molar-refractivity contribution is -0.146. The van der Waals surface area contributed by atoms with Crippen molar-refractivity contribution in [1.82, 2.24) is 0 Å². The molecule has 1 unspecified atom stereocenters. The van der Waals surface area contributed by atoms with Gasteiger partial charge in [-0.1, -0.05) is 52.5 Å². The second kappa shape index (κ2) is 6.42. The van der Waals surface area contributed by atoms with Gasteiger partial charge >= 0.3 is 5.97 Å². The number of carbonyl (C=O) groups is 1. The Balaban J connectivity index is 2.66. The van der Waals surface area contributed by atoms with Crippen molar-refractivity contribution >= 4 is 52.4 Å². The zero-order valence-corrected chi connectivity index (χ0v) is 13.3. The Morgan fingerprint density at radius 2 is 1.57 bits per heavy atom. The Labute approximate surface area is 140 Å². The molecule has 21 heavy (non-hydrogen) atoms. The monoisotopic (exact) mass is 364 g/mol. The molecule has 2 rings (SSSR count). The first-order valence-electron chi connectivity index (χ1n) is 5.66. The molecular weight excluding hydrogens is 358 g/mol. The van der Waals surface area contributed by atoms with Crippen molar-refractivity contribution in [3.8, 4) is 11.1 Å². The summed E-state index contributed by atoms with van der Waals surface area (Å²) >= 11 is 23.7. The van der Waals surface area contributed by atoms with Gasteiger partial charge in [0.1, 0.15) is 0 Å². The molecule has 0 bridgehead atoms. The molecule has 0 radical (unpaired) electrons. The number of rotatable bonds is 3. The summed E-state index contributed by atoms with van der Waals surface area (Å²) in [5.41, 5.74) is 1.13. The summed E-state index contributed by atoms with van der Waals surface area (Å²) in [6.07, 6.45) is -1.72. The van der Waals surface area contributed by atoms with Gasteiger partial charge in [0.2, 0.25) is 0 Å². The van der Waals surface area contributed by atoms with Crippen molar-refractivity contribution in [2.75, 3.05) is 0 Å². The molecule has 0 spiro atoms. The molecule has 0 aliphatic carbocycles. The molecule has 2 aromatic carbocycles. The molecular formula is C14H8Cl4O3. The Hall–Kier alpha value is -0.970. The topological polar surface area (TPSA) is 57.5 Å². The van der Waals surface area contributed by atoms with E-state index < -0.39 is 12.1 Å². The van der Waals surface area contributed by atoms with Crippen LogP contribution in [0, 0.1) is 0 Å². The van der Waals surface area contributed by atoms with Crippen LogP contribution in [-0.4, -0.2) is 16.2 Å². The fourth-order valence-electron chi connectivity index (χ4n) is 1.87. The van der Waals surface area contributed by atoms with Crippen LogP contribution in [0.25, 0.3) is 11.1 Å². The van der Waals surface area contributed by atoms with Gasteiger partial charge in [0.25, 0.3) is 0 Å². The van der Waals surface area contributed by atoms with Crippen molar-refractivity contribution in [3.05, 3.63) is 56.0 Å². The largest absolute Gasteiger partial charge is 0.479 e. The first-order chi connectivity index (χ1) is 9.81. The molecule has 7 heteroatoms. The summed E-state index contributed by atoms with van der Waals surface area (Å²) in [5, 5.41) is 19.8. The minimum Gasteiger partial charge on any atom is -0.479 e. The van der Waals surface area contributed by atoms with Gasteiger partial charge in [-0.3, -0.25) is 0 Å². The molecule has 2 aromatic rings. The van der Waals surface area contributed by atoms with E-state index in [1.807, 2.05) is 0 Å². The van der Waals surface area contributed by atoms with Crippen molar-refractivity contribution < 1.29 is 15.0 Å². The number of carboxylic acid groups (broad SMARTS) is 1. The summed E-state index contributed by atoms with van der Waals surface area (Å²) < 4.78 is 0. The first kappa shape index (κ1) is 16.4. The van der Waals surface area contributed by atoms with Gasteiger partial charge in [-0.2, -0.15) is 0 Å². The van der Waals surface area contributed by atoms with Crippen LogP contribution in [-0.2, 0) is 4.79 Å². The third-order valence-electron chi connectivity index (χ3n) is 2.84. The van der Waals surface area contributed by atoms with Gasteiger partial charge in [-0.15, -0.1) is 0 Å². The Morgan fingerprint density at radius 3 is 2.10 bits per heavy atom. The van der Waals surface area contributed by atoms with Gasteiger partial charge in [0, 0.05) is 10.6 Å². The maximum Gasteiger partial charge on any atom is 0.337 e. The predicted octanol–water partition coefficient (Wildman–Crippen LogP) is 5.09. The second-order valence-electron chi connectivity index (χ2n) is 4.23. The van der Waals surface area contributed by atoms with Crippen molar-refractivity contribution in [3.63, 3.8) is 0 Å². The highest BCUT2D eigenvalue weighted by Crippen LogP contribution is 2.38. The lowest BCUT2D eigenvalue weighted by Crippen LogP contribution is -2.11. The zero-order valence-electron chi connectivity index (χ0n) is 10.3. The number of hydrogen-bond donors (Lipinski definition) is 2. The molecule has 1 atom stereocenters. The van der Waals surface area contributed by atoms with E-state index in [0.717, 1.165) is 0 Å². The van der Waals surface area contributed by atoms with Gasteiger partial charge in [0.05, 0.1) is 15.1 Å². The number of benzene rings is 2. The highest BCUT2D eigenvalue weighted by molar-refractivity contribution is 6.48. The van der Waals surface area contributed by atoms with Gasteiger partial charge in [0.15, 0.2) is 6.10 Å². The number of carboxylic acids is 1. The first-order valence-corrected chi connectivity index (χ1v) is 7.17. The highest BCUT2D eigenvalue weighted by atomic mass is 35.5. The summed E-state index contributed by atoms with van der Waals surface area (Å²) in [4.78, 5) is 11.0. The lowest BCUT2D eigenvalue weighted by atomic mass is 9.96. The molecule has 110 valence electrons. The van der Waals surface area contributed by atoms with Gasteiger partial charge in [-0.05, 0) is 35.4 Å². The van der Waals surface area contributed by atoms with E-state index in [4.69, 9.17) is 51.5 Å². The molecule has 2 N–H and O–H groups in total. The minimum atomic E-state index is -1.72. The van der Waals surface area contributed by atoms with E-state index in [-0.39, 0.29) is 20.6 Å². The third kappa shape index (κ3) is 3.44. The minimum absolute atomic E-state index is 0.143. The van der Waals surface area contributed by atoms with Crippen LogP contribution in [0.3, 0.4) is 0 Å². The van der Waals surface area contributed by atoms with Gasteiger partial charge in [-0.25, -0.2) is 4.79 Å². The Kier molecular flexibility index (Phi) is 5.02. The van der Waals surface area contributed by atoms with E-state index in [1.54, 1.807) is 12.1 Å². The van der Waals surface area contributed by atoms with Crippen molar-refractivity contribution in [2.45, 2.75) is 6.10 Å². The summed E-state index contributed by atoms with van der Waals surface area (Å²) in [6, 6.07) is 7.62. The molecule has 0 heterocycles. The number of halogens is 4. The fourth-order valence-corrected chi connectivity index (χ4v) is 2.64. The Bertz CT molecular complexity index is 692. The van der Waals surface area contributed by atoms with Crippen LogP contribution in [0.2, 0.25) is 20.1 Å². The van der Waals surface area contributed by atoms with E-state index in [1.165, 1.54) is 18.2 Å². The van der Waals surface area contributed by atoms with Crippen LogP contribution >= 0.6 is 46.4 Å². The van der Waals surface area contributed by atoms with Crippen LogP contribution in [0.15, 0.2) is 30.3 Å². The predicted molar refractivity (Wildman–Crippen MR) is 84.5 cm³/mol. The maximum absolute atomic E-state index is 11.0. The number of aliphatic hydroxyl groups is 1. The van der Waals surface area contributed by atoms with E-state index >= 15 is 0 Å².